The Morgan fingerprint density at radius 2 is 1.97 bits per heavy atom. The van der Waals surface area contributed by atoms with Crippen LogP contribution < -0.4 is 10.1 Å². The molecule has 0 radical (unpaired) electrons. The van der Waals surface area contributed by atoms with Crippen LogP contribution in [0, 0.1) is 18.8 Å². The van der Waals surface area contributed by atoms with Crippen LogP contribution in [-0.2, 0) is 6.18 Å². The smallest absolute Gasteiger partial charge is 0.420 e. The molecule has 0 aliphatic rings. The first-order valence-corrected chi connectivity index (χ1v) is 11.3. The van der Waals surface area contributed by atoms with Gasteiger partial charge in [-0.1, -0.05) is 24.0 Å². The van der Waals surface area contributed by atoms with Gasteiger partial charge in [0.25, 0.3) is 0 Å². The van der Waals surface area contributed by atoms with Crippen molar-refractivity contribution in [1.82, 2.24) is 9.97 Å². The number of benzene rings is 2. The number of hydrogen-bond acceptors (Lipinski definition) is 5. The van der Waals surface area contributed by atoms with Crippen molar-refractivity contribution < 1.29 is 17.9 Å². The molecule has 2 heterocycles. The van der Waals surface area contributed by atoms with E-state index in [2.05, 4.69) is 27.1 Å². The quantitative estimate of drug-likeness (QED) is 0.237. The van der Waals surface area contributed by atoms with Gasteiger partial charge in [0, 0.05) is 41.0 Å². The van der Waals surface area contributed by atoms with Gasteiger partial charge in [-0.05, 0) is 55.0 Å². The number of nitrogens with one attached hydrogen (secondary N) is 1. The summed E-state index contributed by atoms with van der Waals surface area (Å²) in [6.45, 7) is 2.02. The molecule has 2 aromatic heterocycles. The molecule has 0 fully saturated rings. The maximum Gasteiger partial charge on any atom is 0.420 e. The van der Waals surface area contributed by atoms with E-state index in [0.717, 1.165) is 22.8 Å². The highest BCUT2D eigenvalue weighted by Gasteiger charge is 2.34. The van der Waals surface area contributed by atoms with Gasteiger partial charge in [0.05, 0.1) is 17.9 Å². The first-order chi connectivity index (χ1) is 16.4. The van der Waals surface area contributed by atoms with Crippen molar-refractivity contribution in [2.24, 2.45) is 0 Å². The lowest BCUT2D eigenvalue weighted by molar-refractivity contribution is -0.138. The number of anilines is 2. The first kappa shape index (κ1) is 23.3. The van der Waals surface area contributed by atoms with Crippen LogP contribution >= 0.6 is 11.3 Å². The topological polar surface area (TPSA) is 47.0 Å². The van der Waals surface area contributed by atoms with Crippen LogP contribution in [0.5, 0.6) is 5.75 Å². The third-order valence-corrected chi connectivity index (χ3v) is 5.49. The van der Waals surface area contributed by atoms with E-state index in [0.29, 0.717) is 17.2 Å². The molecule has 0 aliphatic heterocycles. The summed E-state index contributed by atoms with van der Waals surface area (Å²) in [5, 5.41) is 5.24. The molecule has 0 atom stereocenters. The number of aromatic nitrogens is 2. The summed E-state index contributed by atoms with van der Waals surface area (Å²) in [4.78, 5) is 8.48. The van der Waals surface area contributed by atoms with Gasteiger partial charge in [-0.25, -0.2) is 4.98 Å². The molecule has 1 N–H and O–H groups in total. The standard InChI is InChI=1S/C26H20F3N3OS/c1-18-6-4-8-19(14-18)7-2-3-13-33-24-11-10-21(15-22(24)26(27,28)29)31-25-32-23(17-34-25)20-9-5-12-30-16-20/h4-6,8-12,14-17H,3,13H2,1H3,(H,31,32). The number of alkyl halides is 3. The van der Waals surface area contributed by atoms with E-state index in [-0.39, 0.29) is 18.0 Å². The summed E-state index contributed by atoms with van der Waals surface area (Å²) in [5.74, 6) is 5.70. The number of pyridine rings is 1. The molecule has 172 valence electrons. The number of ether oxygens (including phenoxy) is 1. The minimum atomic E-state index is -4.57. The lowest BCUT2D eigenvalue weighted by atomic mass is 10.1. The molecule has 0 unspecified atom stereocenters. The summed E-state index contributed by atoms with van der Waals surface area (Å²) >= 11 is 1.30. The lowest BCUT2D eigenvalue weighted by Gasteiger charge is -2.15. The fourth-order valence-electron chi connectivity index (χ4n) is 3.16. The highest BCUT2D eigenvalue weighted by molar-refractivity contribution is 7.14. The Morgan fingerprint density at radius 3 is 2.74 bits per heavy atom. The number of halogens is 3. The van der Waals surface area contributed by atoms with Gasteiger partial charge >= 0.3 is 6.18 Å². The Hall–Kier alpha value is -3.83. The molecule has 0 spiro atoms. The van der Waals surface area contributed by atoms with Crippen LogP contribution in [0.25, 0.3) is 11.3 Å². The predicted octanol–water partition coefficient (Wildman–Crippen LogP) is 7.10. The van der Waals surface area contributed by atoms with Gasteiger partial charge in [0.2, 0.25) is 0 Å². The van der Waals surface area contributed by atoms with Crippen LogP contribution in [0.2, 0.25) is 0 Å². The molecule has 34 heavy (non-hydrogen) atoms. The molecule has 0 aliphatic carbocycles. The van der Waals surface area contributed by atoms with Crippen LogP contribution in [0.3, 0.4) is 0 Å². The Morgan fingerprint density at radius 1 is 1.09 bits per heavy atom. The van der Waals surface area contributed by atoms with E-state index in [9.17, 15) is 13.2 Å². The molecular weight excluding hydrogens is 459 g/mol. The fraction of sp³-hybridized carbons (Fsp3) is 0.154. The van der Waals surface area contributed by atoms with E-state index >= 15 is 0 Å². The Labute approximate surface area is 199 Å². The van der Waals surface area contributed by atoms with E-state index < -0.39 is 11.7 Å². The van der Waals surface area contributed by atoms with Gasteiger partial charge in [-0.2, -0.15) is 13.2 Å². The normalized spacial score (nSPS) is 10.9. The predicted molar refractivity (Wildman–Crippen MR) is 128 cm³/mol. The van der Waals surface area contributed by atoms with Crippen molar-refractivity contribution >= 4 is 22.2 Å². The minimum Gasteiger partial charge on any atom is -0.492 e. The summed E-state index contributed by atoms with van der Waals surface area (Å²) in [7, 11) is 0. The average Bonchev–Trinajstić information content (AvgIpc) is 3.28. The zero-order valence-corrected chi connectivity index (χ0v) is 19.0. The number of nitrogens with zero attached hydrogens (tertiary/aromatic N) is 2. The molecule has 4 rings (SSSR count). The number of aryl methyl sites for hydroxylation is 1. The average molecular weight is 480 g/mol. The molecule has 0 bridgehead atoms. The Balaban J connectivity index is 1.43. The number of thiazole rings is 1. The van der Waals surface area contributed by atoms with Crippen LogP contribution in [0.1, 0.15) is 23.1 Å². The van der Waals surface area contributed by atoms with E-state index in [1.165, 1.54) is 23.5 Å². The molecular formula is C26H20F3N3OS. The van der Waals surface area contributed by atoms with Crippen molar-refractivity contribution in [2.75, 3.05) is 11.9 Å². The van der Waals surface area contributed by atoms with Crippen LogP contribution in [0.4, 0.5) is 24.0 Å². The molecule has 8 heteroatoms. The van der Waals surface area contributed by atoms with Crippen molar-refractivity contribution in [3.63, 3.8) is 0 Å². The highest BCUT2D eigenvalue weighted by Crippen LogP contribution is 2.39. The molecule has 4 nitrogen and oxygen atoms in total. The van der Waals surface area contributed by atoms with Gasteiger partial charge in [0.1, 0.15) is 5.75 Å². The van der Waals surface area contributed by atoms with E-state index in [1.54, 1.807) is 18.5 Å². The third-order valence-electron chi connectivity index (χ3n) is 4.73. The highest BCUT2D eigenvalue weighted by atomic mass is 32.1. The summed E-state index contributed by atoms with van der Waals surface area (Å²) in [6.07, 6.45) is -0.919. The zero-order valence-electron chi connectivity index (χ0n) is 18.2. The SMILES string of the molecule is Cc1cccc(C#CCCOc2ccc(Nc3nc(-c4cccnc4)cs3)cc2C(F)(F)F)c1. The van der Waals surface area contributed by atoms with E-state index in [1.807, 2.05) is 42.6 Å². The molecule has 0 saturated heterocycles. The van der Waals surface area contributed by atoms with Gasteiger partial charge in [-0.15, -0.1) is 11.3 Å². The monoisotopic (exact) mass is 479 g/mol. The second-order valence-corrected chi connectivity index (χ2v) is 8.24. The van der Waals surface area contributed by atoms with Gasteiger partial charge in [0.15, 0.2) is 5.13 Å². The van der Waals surface area contributed by atoms with Gasteiger partial charge < -0.3 is 10.1 Å². The lowest BCUT2D eigenvalue weighted by Crippen LogP contribution is -2.10. The second-order valence-electron chi connectivity index (χ2n) is 7.38. The molecule has 0 saturated carbocycles. The Kier molecular flexibility index (Phi) is 7.14. The van der Waals surface area contributed by atoms with Crippen molar-refractivity contribution in [3.8, 4) is 28.8 Å². The third kappa shape index (κ3) is 6.15. The van der Waals surface area contributed by atoms with Crippen molar-refractivity contribution in [2.45, 2.75) is 19.5 Å². The minimum absolute atomic E-state index is 0.0512. The maximum absolute atomic E-state index is 13.7. The molecule has 2 aromatic carbocycles. The van der Waals surface area contributed by atoms with Crippen LogP contribution in [0.15, 0.2) is 72.4 Å². The first-order valence-electron chi connectivity index (χ1n) is 10.4. The molecule has 4 aromatic rings. The summed E-state index contributed by atoms with van der Waals surface area (Å²) in [6, 6.07) is 15.3. The summed E-state index contributed by atoms with van der Waals surface area (Å²) in [5.41, 5.74) is 2.90. The molecule has 0 amide bonds. The number of rotatable bonds is 6. The largest absolute Gasteiger partial charge is 0.492 e. The number of hydrogen-bond donors (Lipinski definition) is 1. The van der Waals surface area contributed by atoms with Crippen molar-refractivity contribution in [3.05, 3.63) is 89.1 Å². The second kappa shape index (κ2) is 10.4. The van der Waals surface area contributed by atoms with Crippen molar-refractivity contribution in [1.29, 1.82) is 0 Å². The fourth-order valence-corrected chi connectivity index (χ4v) is 3.90. The maximum atomic E-state index is 13.7. The zero-order chi connectivity index (χ0) is 24.0. The Bertz CT molecular complexity index is 1320. The summed E-state index contributed by atoms with van der Waals surface area (Å²) < 4.78 is 46.4. The van der Waals surface area contributed by atoms with E-state index in [4.69, 9.17) is 4.74 Å². The van der Waals surface area contributed by atoms with Gasteiger partial charge in [-0.3, -0.25) is 4.98 Å². The van der Waals surface area contributed by atoms with Crippen LogP contribution in [-0.4, -0.2) is 16.6 Å².